The zero-order chi connectivity index (χ0) is 17.9. The van der Waals surface area contributed by atoms with E-state index in [1.807, 2.05) is 0 Å². The topological polar surface area (TPSA) is 68.6 Å². The lowest BCUT2D eigenvalue weighted by atomic mass is 10.1. The van der Waals surface area contributed by atoms with Gasteiger partial charge in [-0.05, 0) is 17.7 Å². The lowest BCUT2D eigenvalue weighted by Gasteiger charge is -2.14. The molecule has 0 spiro atoms. The second kappa shape index (κ2) is 7.08. The van der Waals surface area contributed by atoms with Crippen LogP contribution in [-0.4, -0.2) is 42.5 Å². The third-order valence-electron chi connectivity index (χ3n) is 3.40. The van der Waals surface area contributed by atoms with Crippen LogP contribution in [-0.2, 0) is 11.3 Å². The minimum absolute atomic E-state index is 0.134. The monoisotopic (exact) mass is 332 g/mol. The van der Waals surface area contributed by atoms with E-state index < -0.39 is 17.3 Å². The Morgan fingerprint density at radius 1 is 1.12 bits per heavy atom. The van der Waals surface area contributed by atoms with Crippen molar-refractivity contribution in [2.75, 3.05) is 21.2 Å². The van der Waals surface area contributed by atoms with E-state index in [9.17, 15) is 18.8 Å². The Hall–Kier alpha value is -2.96. The van der Waals surface area contributed by atoms with Gasteiger partial charge in [0.25, 0.3) is 5.91 Å². The summed E-state index contributed by atoms with van der Waals surface area (Å²) >= 11 is 0. The first-order valence-electron chi connectivity index (χ1n) is 7.12. The molecule has 2 rings (SSSR count). The molecule has 6 nitrogen and oxygen atoms in total. The van der Waals surface area contributed by atoms with Crippen molar-refractivity contribution in [2.24, 2.45) is 0 Å². The standard InChI is InChI=1S/C17H17FN2O4/c1-19(2)16(22)13-9-20(8-11-4-6-12(18)7-5-11)10-14(15(13)21)17(23)24-3/h4-7,9-10H,8H2,1-3H3. The van der Waals surface area contributed by atoms with Gasteiger partial charge >= 0.3 is 5.97 Å². The number of methoxy groups -OCH3 is 1. The summed E-state index contributed by atoms with van der Waals surface area (Å²) in [5.41, 5.74) is -0.299. The van der Waals surface area contributed by atoms with Crippen LogP contribution in [0.15, 0.2) is 41.5 Å². The maximum absolute atomic E-state index is 13.0. The molecule has 1 aromatic heterocycles. The lowest BCUT2D eigenvalue weighted by molar-refractivity contribution is 0.0598. The number of carbonyl (C=O) groups excluding carboxylic acids is 2. The molecule has 1 aromatic carbocycles. The van der Waals surface area contributed by atoms with E-state index in [2.05, 4.69) is 4.74 Å². The molecule has 0 saturated carbocycles. The van der Waals surface area contributed by atoms with Crippen LogP contribution >= 0.6 is 0 Å². The van der Waals surface area contributed by atoms with Crippen LogP contribution in [0.3, 0.4) is 0 Å². The zero-order valence-electron chi connectivity index (χ0n) is 13.6. The van der Waals surface area contributed by atoms with Gasteiger partial charge in [0.05, 0.1) is 7.11 Å². The quantitative estimate of drug-likeness (QED) is 0.796. The van der Waals surface area contributed by atoms with Crippen molar-refractivity contribution >= 4 is 11.9 Å². The minimum atomic E-state index is -0.818. The summed E-state index contributed by atoms with van der Waals surface area (Å²) in [6, 6.07) is 5.79. The van der Waals surface area contributed by atoms with Gasteiger partial charge in [0.2, 0.25) is 5.43 Å². The number of amides is 1. The molecule has 7 heteroatoms. The van der Waals surface area contributed by atoms with E-state index in [1.165, 1.54) is 48.1 Å². The van der Waals surface area contributed by atoms with Crippen LogP contribution in [0.4, 0.5) is 4.39 Å². The molecule has 0 unspecified atom stereocenters. The average Bonchev–Trinajstić information content (AvgIpc) is 2.56. The van der Waals surface area contributed by atoms with Gasteiger partial charge < -0.3 is 14.2 Å². The number of benzene rings is 1. The van der Waals surface area contributed by atoms with Gasteiger partial charge in [0.15, 0.2) is 0 Å². The van der Waals surface area contributed by atoms with Crippen molar-refractivity contribution in [2.45, 2.75) is 6.54 Å². The van der Waals surface area contributed by atoms with Crippen molar-refractivity contribution in [3.63, 3.8) is 0 Å². The van der Waals surface area contributed by atoms with Gasteiger partial charge in [-0.25, -0.2) is 9.18 Å². The number of hydrogen-bond donors (Lipinski definition) is 0. The third-order valence-corrected chi connectivity index (χ3v) is 3.40. The summed E-state index contributed by atoms with van der Waals surface area (Å²) in [5, 5.41) is 0. The van der Waals surface area contributed by atoms with Crippen LogP contribution < -0.4 is 5.43 Å². The van der Waals surface area contributed by atoms with Crippen molar-refractivity contribution in [3.05, 3.63) is 69.4 Å². The molecule has 24 heavy (non-hydrogen) atoms. The highest BCUT2D eigenvalue weighted by Gasteiger charge is 2.20. The highest BCUT2D eigenvalue weighted by Crippen LogP contribution is 2.08. The first-order valence-corrected chi connectivity index (χ1v) is 7.12. The molecule has 0 radical (unpaired) electrons. The number of halogens is 1. The normalized spacial score (nSPS) is 10.3. The number of aromatic nitrogens is 1. The second-order valence-corrected chi connectivity index (χ2v) is 5.40. The summed E-state index contributed by atoms with van der Waals surface area (Å²) in [6.07, 6.45) is 2.70. The van der Waals surface area contributed by atoms with Crippen molar-refractivity contribution in [1.82, 2.24) is 9.47 Å². The van der Waals surface area contributed by atoms with Gasteiger partial charge in [-0.2, -0.15) is 0 Å². The lowest BCUT2D eigenvalue weighted by Crippen LogP contribution is -2.31. The molecule has 0 aliphatic heterocycles. The third kappa shape index (κ3) is 3.68. The first-order chi connectivity index (χ1) is 11.3. The predicted molar refractivity (Wildman–Crippen MR) is 85.6 cm³/mol. The molecule has 1 heterocycles. The van der Waals surface area contributed by atoms with Gasteiger partial charge in [-0.3, -0.25) is 9.59 Å². The van der Waals surface area contributed by atoms with Crippen LogP contribution in [0.2, 0.25) is 0 Å². The van der Waals surface area contributed by atoms with Crippen LogP contribution in [0.1, 0.15) is 26.3 Å². The largest absolute Gasteiger partial charge is 0.465 e. The molecule has 0 fully saturated rings. The van der Waals surface area contributed by atoms with Crippen LogP contribution in [0.5, 0.6) is 0 Å². The summed E-state index contributed by atoms with van der Waals surface area (Å²) in [6.45, 7) is 0.262. The number of rotatable bonds is 4. The zero-order valence-corrected chi connectivity index (χ0v) is 13.6. The summed E-state index contributed by atoms with van der Waals surface area (Å²) in [5.74, 6) is -1.70. The number of ether oxygens (including phenoxy) is 1. The number of carbonyl (C=O) groups is 2. The molecule has 0 aliphatic carbocycles. The fraction of sp³-hybridized carbons (Fsp3) is 0.235. The highest BCUT2D eigenvalue weighted by molar-refractivity contribution is 5.97. The average molecular weight is 332 g/mol. The second-order valence-electron chi connectivity index (χ2n) is 5.40. The number of pyridine rings is 1. The van der Waals surface area contributed by atoms with Crippen LogP contribution in [0, 0.1) is 5.82 Å². The molecule has 126 valence electrons. The Balaban J connectivity index is 2.53. The molecule has 0 saturated heterocycles. The van der Waals surface area contributed by atoms with Crippen molar-refractivity contribution in [1.29, 1.82) is 0 Å². The smallest absolute Gasteiger partial charge is 0.343 e. The highest BCUT2D eigenvalue weighted by atomic mass is 19.1. The molecule has 0 atom stereocenters. The molecule has 2 aromatic rings. The van der Waals surface area contributed by atoms with E-state index in [0.717, 1.165) is 12.7 Å². The van der Waals surface area contributed by atoms with Gasteiger partial charge in [0, 0.05) is 33.0 Å². The molecular weight excluding hydrogens is 315 g/mol. The van der Waals surface area contributed by atoms with Gasteiger partial charge in [-0.1, -0.05) is 12.1 Å². The molecule has 0 bridgehead atoms. The number of nitrogens with zero attached hydrogens (tertiary/aromatic N) is 2. The van der Waals surface area contributed by atoms with Crippen LogP contribution in [0.25, 0.3) is 0 Å². The van der Waals surface area contributed by atoms with Gasteiger partial charge in [-0.15, -0.1) is 0 Å². The summed E-state index contributed by atoms with van der Waals surface area (Å²) < 4.78 is 19.1. The number of hydrogen-bond acceptors (Lipinski definition) is 4. The molecule has 0 N–H and O–H groups in total. The van der Waals surface area contributed by atoms with E-state index in [0.29, 0.717) is 0 Å². The first kappa shape index (κ1) is 17.4. The SMILES string of the molecule is COC(=O)c1cn(Cc2ccc(F)cc2)cc(C(=O)N(C)C)c1=O. The van der Waals surface area contributed by atoms with E-state index in [4.69, 9.17) is 0 Å². The Bertz CT molecular complexity index is 825. The molecule has 0 aliphatic rings. The van der Waals surface area contributed by atoms with Gasteiger partial charge in [0.1, 0.15) is 16.9 Å². The Morgan fingerprint density at radius 3 is 2.25 bits per heavy atom. The van der Waals surface area contributed by atoms with E-state index >= 15 is 0 Å². The molecular formula is C17H17FN2O4. The Labute approximate surface area is 138 Å². The summed E-state index contributed by atoms with van der Waals surface area (Å²) in [7, 11) is 4.18. The van der Waals surface area contributed by atoms with E-state index in [-0.39, 0.29) is 23.5 Å². The van der Waals surface area contributed by atoms with E-state index in [1.54, 1.807) is 12.1 Å². The fourth-order valence-electron chi connectivity index (χ4n) is 2.17. The maximum atomic E-state index is 13.0. The summed E-state index contributed by atoms with van der Waals surface area (Å²) in [4.78, 5) is 37.6. The van der Waals surface area contributed by atoms with Crippen molar-refractivity contribution in [3.8, 4) is 0 Å². The number of esters is 1. The maximum Gasteiger partial charge on any atom is 0.343 e. The van der Waals surface area contributed by atoms with Crippen molar-refractivity contribution < 1.29 is 18.7 Å². The molecule has 1 amide bonds. The predicted octanol–water partition coefficient (Wildman–Crippen LogP) is 1.52. The Kier molecular flexibility index (Phi) is 5.13. The fourth-order valence-corrected chi connectivity index (χ4v) is 2.17. The minimum Gasteiger partial charge on any atom is -0.465 e. The Morgan fingerprint density at radius 2 is 1.71 bits per heavy atom.